The minimum atomic E-state index is -0.185. The first-order valence-corrected chi connectivity index (χ1v) is 6.90. The molecule has 0 unspecified atom stereocenters. The lowest BCUT2D eigenvalue weighted by Crippen LogP contribution is -2.10. The van der Waals surface area contributed by atoms with E-state index in [4.69, 9.17) is 10.2 Å². The Bertz CT molecular complexity index is 558. The zero-order valence-corrected chi connectivity index (χ0v) is 11.7. The highest BCUT2D eigenvalue weighted by atomic mass is 16.3. The summed E-state index contributed by atoms with van der Waals surface area (Å²) in [6, 6.07) is 9.60. The molecular formula is C16H20N2O2. The van der Waals surface area contributed by atoms with Crippen molar-refractivity contribution in [1.82, 2.24) is 0 Å². The van der Waals surface area contributed by atoms with Gasteiger partial charge in [0.15, 0.2) is 0 Å². The molecule has 0 aliphatic rings. The van der Waals surface area contributed by atoms with Crippen molar-refractivity contribution in [2.45, 2.75) is 32.7 Å². The number of amides is 1. The summed E-state index contributed by atoms with van der Waals surface area (Å²) in [4.78, 5) is 12.0. The molecule has 0 saturated carbocycles. The Hall–Kier alpha value is -2.07. The fourth-order valence-electron chi connectivity index (χ4n) is 1.95. The first-order chi connectivity index (χ1) is 9.72. The largest absolute Gasteiger partial charge is 0.467 e. The number of rotatable bonds is 6. The van der Waals surface area contributed by atoms with Gasteiger partial charge in [-0.3, -0.25) is 4.79 Å². The van der Waals surface area contributed by atoms with E-state index in [2.05, 4.69) is 12.2 Å². The summed E-state index contributed by atoms with van der Waals surface area (Å²) < 4.78 is 5.15. The van der Waals surface area contributed by atoms with Crippen molar-refractivity contribution in [1.29, 1.82) is 0 Å². The molecule has 4 heteroatoms. The van der Waals surface area contributed by atoms with Crippen molar-refractivity contribution >= 4 is 11.6 Å². The highest BCUT2D eigenvalue weighted by Gasteiger charge is 2.09. The molecule has 0 spiro atoms. The molecule has 0 aliphatic heterocycles. The molecule has 3 N–H and O–H groups in total. The van der Waals surface area contributed by atoms with E-state index >= 15 is 0 Å². The number of anilines is 1. The van der Waals surface area contributed by atoms with Gasteiger partial charge in [0.2, 0.25) is 0 Å². The van der Waals surface area contributed by atoms with Crippen LogP contribution in [0.25, 0.3) is 0 Å². The Labute approximate surface area is 119 Å². The topological polar surface area (TPSA) is 68.3 Å². The normalized spacial score (nSPS) is 10.5. The van der Waals surface area contributed by atoms with Crippen molar-refractivity contribution in [3.05, 3.63) is 53.5 Å². The number of hydrogen-bond donors (Lipinski definition) is 2. The van der Waals surface area contributed by atoms with Crippen LogP contribution in [0.1, 0.15) is 41.4 Å². The Morgan fingerprint density at radius 3 is 2.65 bits per heavy atom. The first kappa shape index (κ1) is 14.3. The average molecular weight is 272 g/mol. The predicted molar refractivity (Wildman–Crippen MR) is 79.6 cm³/mol. The minimum Gasteiger partial charge on any atom is -0.467 e. The van der Waals surface area contributed by atoms with Crippen molar-refractivity contribution in [3.8, 4) is 0 Å². The number of carbonyl (C=O) groups is 1. The molecule has 106 valence electrons. The summed E-state index contributed by atoms with van der Waals surface area (Å²) in [6.07, 6.45) is 4.87. The van der Waals surface area contributed by atoms with Gasteiger partial charge in [-0.15, -0.1) is 0 Å². The van der Waals surface area contributed by atoms with E-state index in [1.54, 1.807) is 6.07 Å². The molecule has 0 fully saturated rings. The van der Waals surface area contributed by atoms with Gasteiger partial charge in [0.05, 0.1) is 12.1 Å². The summed E-state index contributed by atoms with van der Waals surface area (Å²) in [5, 5.41) is 2.84. The number of benzene rings is 1. The lowest BCUT2D eigenvalue weighted by molar-refractivity contribution is 0.102. The molecule has 1 aromatic carbocycles. The zero-order valence-electron chi connectivity index (χ0n) is 11.7. The van der Waals surface area contributed by atoms with Gasteiger partial charge in [-0.2, -0.15) is 0 Å². The smallest absolute Gasteiger partial charge is 0.258 e. The fraction of sp³-hybridized carbons (Fsp3) is 0.312. The molecule has 2 rings (SSSR count). The number of hydrogen-bond acceptors (Lipinski definition) is 3. The van der Waals surface area contributed by atoms with E-state index in [9.17, 15) is 4.79 Å². The maximum atomic E-state index is 12.0. The zero-order chi connectivity index (χ0) is 14.4. The molecule has 0 radical (unpaired) electrons. The Morgan fingerprint density at radius 1 is 1.30 bits per heavy atom. The number of furan rings is 1. The van der Waals surface area contributed by atoms with Gasteiger partial charge < -0.3 is 15.5 Å². The Kier molecular flexibility index (Phi) is 4.96. The number of carbonyl (C=O) groups excluding carboxylic acids is 1. The maximum Gasteiger partial charge on any atom is 0.258 e. The van der Waals surface area contributed by atoms with Gasteiger partial charge in [0.25, 0.3) is 5.91 Å². The molecule has 4 nitrogen and oxygen atoms in total. The Morgan fingerprint density at radius 2 is 2.05 bits per heavy atom. The lowest BCUT2D eigenvalue weighted by atomic mass is 10.1. The van der Waals surface area contributed by atoms with Crippen molar-refractivity contribution in [2.75, 3.05) is 5.32 Å². The number of nitrogens with one attached hydrogen (secondary N) is 1. The standard InChI is InChI=1S/C16H20N2O2/c1-2-3-4-12-5-7-14(8-6-12)18-16(19)13-9-15(10-17)20-11-13/h5-9,11H,2-4,10,17H2,1H3,(H,18,19). The number of unbranched alkanes of at least 4 members (excludes halogenated alkanes) is 1. The second-order valence-corrected chi connectivity index (χ2v) is 4.76. The van der Waals surface area contributed by atoms with Crippen LogP contribution in [0.2, 0.25) is 0 Å². The third kappa shape index (κ3) is 3.71. The molecule has 0 aliphatic carbocycles. The van der Waals surface area contributed by atoms with Gasteiger partial charge in [0, 0.05) is 5.69 Å². The first-order valence-electron chi connectivity index (χ1n) is 6.90. The van der Waals surface area contributed by atoms with E-state index in [1.165, 1.54) is 24.7 Å². The molecule has 20 heavy (non-hydrogen) atoms. The van der Waals surface area contributed by atoms with Crippen LogP contribution in [-0.4, -0.2) is 5.91 Å². The van der Waals surface area contributed by atoms with Gasteiger partial charge >= 0.3 is 0 Å². The second kappa shape index (κ2) is 6.91. The van der Waals surface area contributed by atoms with Crippen LogP contribution in [0.3, 0.4) is 0 Å². The van der Waals surface area contributed by atoms with Gasteiger partial charge in [-0.25, -0.2) is 0 Å². The predicted octanol–water partition coefficient (Wildman–Crippen LogP) is 3.33. The van der Waals surface area contributed by atoms with E-state index in [-0.39, 0.29) is 5.91 Å². The molecule has 1 heterocycles. The van der Waals surface area contributed by atoms with Gasteiger partial charge in [0.1, 0.15) is 12.0 Å². The number of nitrogens with two attached hydrogens (primary N) is 1. The molecule has 2 aromatic rings. The highest BCUT2D eigenvalue weighted by molar-refractivity contribution is 6.04. The van der Waals surface area contributed by atoms with Gasteiger partial charge in [-0.1, -0.05) is 25.5 Å². The third-order valence-corrected chi connectivity index (χ3v) is 3.15. The average Bonchev–Trinajstić information content (AvgIpc) is 2.95. The second-order valence-electron chi connectivity index (χ2n) is 4.76. The van der Waals surface area contributed by atoms with E-state index in [0.717, 1.165) is 12.1 Å². The third-order valence-electron chi connectivity index (χ3n) is 3.15. The molecule has 0 saturated heterocycles. The van der Waals surface area contributed by atoms with Crippen LogP contribution < -0.4 is 11.1 Å². The molecule has 0 atom stereocenters. The van der Waals surface area contributed by atoms with Gasteiger partial charge in [-0.05, 0) is 36.6 Å². The monoisotopic (exact) mass is 272 g/mol. The molecule has 1 amide bonds. The van der Waals surface area contributed by atoms with Crippen LogP contribution in [0.4, 0.5) is 5.69 Å². The van der Waals surface area contributed by atoms with Crippen molar-refractivity contribution in [2.24, 2.45) is 5.73 Å². The van der Waals surface area contributed by atoms with E-state index in [0.29, 0.717) is 17.9 Å². The summed E-state index contributed by atoms with van der Waals surface area (Å²) in [5.74, 6) is 0.417. The van der Waals surface area contributed by atoms with Crippen molar-refractivity contribution in [3.63, 3.8) is 0 Å². The minimum absolute atomic E-state index is 0.185. The highest BCUT2D eigenvalue weighted by Crippen LogP contribution is 2.14. The van der Waals surface area contributed by atoms with E-state index in [1.807, 2.05) is 24.3 Å². The van der Waals surface area contributed by atoms with Crippen LogP contribution in [0, 0.1) is 0 Å². The lowest BCUT2D eigenvalue weighted by Gasteiger charge is -2.05. The molecule has 1 aromatic heterocycles. The molecule has 0 bridgehead atoms. The van der Waals surface area contributed by atoms with E-state index < -0.39 is 0 Å². The maximum absolute atomic E-state index is 12.0. The molecular weight excluding hydrogens is 252 g/mol. The number of aryl methyl sites for hydroxylation is 1. The Balaban J connectivity index is 1.97. The quantitative estimate of drug-likeness (QED) is 0.847. The SMILES string of the molecule is CCCCc1ccc(NC(=O)c2coc(CN)c2)cc1. The summed E-state index contributed by atoms with van der Waals surface area (Å²) in [7, 11) is 0. The van der Waals surface area contributed by atoms with Crippen LogP contribution in [0.5, 0.6) is 0 Å². The van der Waals surface area contributed by atoms with Crippen LogP contribution >= 0.6 is 0 Å². The summed E-state index contributed by atoms with van der Waals surface area (Å²) >= 11 is 0. The summed E-state index contributed by atoms with van der Waals surface area (Å²) in [6.45, 7) is 2.47. The fourth-order valence-corrected chi connectivity index (χ4v) is 1.95. The van der Waals surface area contributed by atoms with Crippen molar-refractivity contribution < 1.29 is 9.21 Å². The van der Waals surface area contributed by atoms with Crippen LogP contribution in [0.15, 0.2) is 41.0 Å². The summed E-state index contributed by atoms with van der Waals surface area (Å²) in [5.41, 5.74) is 8.01. The van der Waals surface area contributed by atoms with Crippen LogP contribution in [-0.2, 0) is 13.0 Å².